The maximum atomic E-state index is 15.3. The molecular weight excluding hydrogens is 493 g/mol. The van der Waals surface area contributed by atoms with Crippen LogP contribution in [0.25, 0.3) is 16.7 Å². The minimum atomic E-state index is -0.566. The second kappa shape index (κ2) is 9.12. The number of hydrogen-bond donors (Lipinski definition) is 2. The predicted molar refractivity (Wildman–Crippen MR) is 146 cm³/mol. The highest BCUT2D eigenvalue weighted by Crippen LogP contribution is 2.55. The van der Waals surface area contributed by atoms with Crippen molar-refractivity contribution in [2.24, 2.45) is 17.8 Å². The molecule has 7 heteroatoms. The van der Waals surface area contributed by atoms with Crippen molar-refractivity contribution in [1.82, 2.24) is 14.9 Å². The van der Waals surface area contributed by atoms with Crippen LogP contribution >= 0.6 is 0 Å². The largest absolute Gasteiger partial charge is 0.390 e. The van der Waals surface area contributed by atoms with Gasteiger partial charge >= 0.3 is 0 Å². The number of carbonyl (C=O) groups is 1. The van der Waals surface area contributed by atoms with Crippen LogP contribution in [0.5, 0.6) is 0 Å². The van der Waals surface area contributed by atoms with Crippen LogP contribution in [0.1, 0.15) is 53.6 Å². The highest BCUT2D eigenvalue weighted by molar-refractivity contribution is 5.94. The van der Waals surface area contributed by atoms with Crippen molar-refractivity contribution in [1.29, 1.82) is 0 Å². The standard InChI is InChI=1S/C32H30FN3O3/c33-27-14-21(31(38)35-28-22-11-19-12-23(28)17-32(39,15-19)16-22)9-8-20(27)13-24-18-36(25-5-2-1-3-6-25)30-26(29(24)37)7-4-10-34-30/h1-10,14,18-19,22-23,28,39H,11-13,15-17H2,(H,35,38)/t19-,22-,23+,28-,32-. The second-order valence-electron chi connectivity index (χ2n) is 11.7. The zero-order valence-corrected chi connectivity index (χ0v) is 21.5. The molecule has 1 amide bonds. The van der Waals surface area contributed by atoms with Gasteiger partial charge < -0.3 is 15.0 Å². The maximum absolute atomic E-state index is 15.3. The van der Waals surface area contributed by atoms with E-state index in [1.165, 1.54) is 6.07 Å². The van der Waals surface area contributed by atoms with Crippen LogP contribution < -0.4 is 10.7 Å². The molecule has 0 radical (unpaired) electrons. The van der Waals surface area contributed by atoms with Gasteiger partial charge in [-0.2, -0.15) is 0 Å². The molecule has 2 aromatic carbocycles. The Bertz CT molecular complexity index is 1630. The van der Waals surface area contributed by atoms with Gasteiger partial charge in [-0.15, -0.1) is 0 Å². The molecule has 39 heavy (non-hydrogen) atoms. The first-order valence-corrected chi connectivity index (χ1v) is 13.7. The zero-order chi connectivity index (χ0) is 26.7. The predicted octanol–water partition coefficient (Wildman–Crippen LogP) is 4.79. The van der Waals surface area contributed by atoms with E-state index in [0.29, 0.717) is 28.1 Å². The number of halogens is 1. The van der Waals surface area contributed by atoms with Crippen molar-refractivity contribution in [2.75, 3.05) is 0 Å². The molecule has 2 aromatic heterocycles. The number of hydrogen-bond acceptors (Lipinski definition) is 4. The van der Waals surface area contributed by atoms with Gasteiger partial charge in [0.15, 0.2) is 5.43 Å². The minimum Gasteiger partial charge on any atom is -0.390 e. The molecule has 0 saturated heterocycles. The van der Waals surface area contributed by atoms with Gasteiger partial charge in [0.05, 0.1) is 11.0 Å². The van der Waals surface area contributed by atoms with Gasteiger partial charge in [-0.05, 0) is 91.8 Å². The highest BCUT2D eigenvalue weighted by atomic mass is 19.1. The van der Waals surface area contributed by atoms with Gasteiger partial charge in [-0.1, -0.05) is 24.3 Å². The normalized spacial score (nSPS) is 27.1. The van der Waals surface area contributed by atoms with Gasteiger partial charge in [0, 0.05) is 41.7 Å². The van der Waals surface area contributed by atoms with Crippen LogP contribution in [-0.2, 0) is 6.42 Å². The molecule has 4 aromatic rings. The summed E-state index contributed by atoms with van der Waals surface area (Å²) < 4.78 is 17.2. The molecular formula is C32H30FN3O3. The molecule has 4 bridgehead atoms. The smallest absolute Gasteiger partial charge is 0.251 e. The third-order valence-electron chi connectivity index (χ3n) is 9.11. The summed E-state index contributed by atoms with van der Waals surface area (Å²) in [6.45, 7) is 0. The van der Waals surface area contributed by atoms with Crippen LogP contribution in [0.2, 0.25) is 0 Å². The summed E-state index contributed by atoms with van der Waals surface area (Å²) in [6, 6.07) is 17.6. The number of pyridine rings is 2. The molecule has 198 valence electrons. The van der Waals surface area contributed by atoms with Gasteiger partial charge in [-0.3, -0.25) is 9.59 Å². The number of rotatable bonds is 5. The third-order valence-corrected chi connectivity index (χ3v) is 9.11. The number of nitrogens with zero attached hydrogens (tertiary/aromatic N) is 2. The number of aromatic nitrogens is 2. The molecule has 0 aliphatic heterocycles. The lowest BCUT2D eigenvalue weighted by Gasteiger charge is -2.58. The van der Waals surface area contributed by atoms with Crippen molar-refractivity contribution in [2.45, 2.75) is 50.2 Å². The molecule has 4 fully saturated rings. The van der Waals surface area contributed by atoms with E-state index in [2.05, 4.69) is 10.3 Å². The fraction of sp³-hybridized carbons (Fsp3) is 0.344. The number of carbonyl (C=O) groups excluding carboxylic acids is 1. The Hall–Kier alpha value is -3.84. The molecule has 0 spiro atoms. The Kier molecular flexibility index (Phi) is 5.67. The van der Waals surface area contributed by atoms with E-state index in [-0.39, 0.29) is 41.2 Å². The first-order chi connectivity index (χ1) is 18.9. The fourth-order valence-electron chi connectivity index (χ4n) is 7.61. The molecule has 6 nitrogen and oxygen atoms in total. The molecule has 4 aliphatic carbocycles. The lowest BCUT2D eigenvalue weighted by molar-refractivity contribution is -0.136. The molecule has 2 heterocycles. The van der Waals surface area contributed by atoms with Crippen molar-refractivity contribution in [3.63, 3.8) is 0 Å². The average molecular weight is 524 g/mol. The topological polar surface area (TPSA) is 84.2 Å². The van der Waals surface area contributed by atoms with Gasteiger partial charge in [0.25, 0.3) is 5.91 Å². The molecule has 0 unspecified atom stereocenters. The van der Waals surface area contributed by atoms with Crippen LogP contribution in [0.15, 0.2) is 77.9 Å². The Balaban J connectivity index is 1.15. The number of benzene rings is 2. The molecule has 8 rings (SSSR count). The Labute approximate surface area is 225 Å². The second-order valence-corrected chi connectivity index (χ2v) is 11.7. The Morgan fingerprint density at radius 1 is 1.03 bits per heavy atom. The summed E-state index contributed by atoms with van der Waals surface area (Å²) in [4.78, 5) is 30.9. The van der Waals surface area contributed by atoms with Crippen molar-refractivity contribution < 1.29 is 14.3 Å². The van der Waals surface area contributed by atoms with Crippen LogP contribution in [0.3, 0.4) is 0 Å². The number of amides is 1. The lowest BCUT2D eigenvalue weighted by Crippen LogP contribution is -2.61. The summed E-state index contributed by atoms with van der Waals surface area (Å²) in [5.41, 5.74) is 1.71. The zero-order valence-electron chi connectivity index (χ0n) is 21.5. The average Bonchev–Trinajstić information content (AvgIpc) is 2.92. The van der Waals surface area contributed by atoms with Gasteiger partial charge in [0.1, 0.15) is 11.5 Å². The molecule has 4 saturated carbocycles. The van der Waals surface area contributed by atoms with E-state index in [9.17, 15) is 14.7 Å². The monoisotopic (exact) mass is 523 g/mol. The highest BCUT2D eigenvalue weighted by Gasteiger charge is 2.55. The summed E-state index contributed by atoms with van der Waals surface area (Å²) in [6.07, 6.45) is 7.91. The van der Waals surface area contributed by atoms with E-state index < -0.39 is 11.4 Å². The number of fused-ring (bicyclic) bond motifs is 1. The van der Waals surface area contributed by atoms with Gasteiger partial charge in [0.2, 0.25) is 0 Å². The Morgan fingerprint density at radius 2 is 1.79 bits per heavy atom. The summed E-state index contributed by atoms with van der Waals surface area (Å²) >= 11 is 0. The van der Waals surface area contributed by atoms with E-state index in [1.54, 1.807) is 36.7 Å². The van der Waals surface area contributed by atoms with Gasteiger partial charge in [-0.25, -0.2) is 9.37 Å². The van der Waals surface area contributed by atoms with E-state index in [4.69, 9.17) is 0 Å². The maximum Gasteiger partial charge on any atom is 0.251 e. The number of aliphatic hydroxyl groups is 1. The van der Waals surface area contributed by atoms with Crippen molar-refractivity contribution in [3.8, 4) is 5.69 Å². The first-order valence-electron chi connectivity index (χ1n) is 13.7. The molecule has 5 atom stereocenters. The van der Waals surface area contributed by atoms with Crippen LogP contribution in [0.4, 0.5) is 4.39 Å². The fourth-order valence-corrected chi connectivity index (χ4v) is 7.61. The van der Waals surface area contributed by atoms with E-state index in [0.717, 1.165) is 37.8 Å². The SMILES string of the molecule is O=C(N[C@@H]1[C@@H]2C[C@@H]3C[C@H]1C[C@@](O)(C3)C2)c1ccc(Cc2cn(-c3ccccc3)c3ncccc3c2=O)c(F)c1. The number of para-hydroxylation sites is 1. The van der Waals surface area contributed by atoms with Crippen LogP contribution in [-0.4, -0.2) is 32.2 Å². The van der Waals surface area contributed by atoms with Crippen molar-refractivity contribution in [3.05, 3.63) is 106 Å². The quantitative estimate of drug-likeness (QED) is 0.394. The Morgan fingerprint density at radius 3 is 2.51 bits per heavy atom. The summed E-state index contributed by atoms with van der Waals surface area (Å²) in [5.74, 6) is 0.314. The van der Waals surface area contributed by atoms with E-state index in [1.807, 2.05) is 34.9 Å². The lowest BCUT2D eigenvalue weighted by atomic mass is 9.52. The molecule has 2 N–H and O–H groups in total. The first kappa shape index (κ1) is 24.2. The minimum absolute atomic E-state index is 0.0275. The van der Waals surface area contributed by atoms with E-state index >= 15 is 4.39 Å². The summed E-state index contributed by atoms with van der Waals surface area (Å²) in [5, 5.41) is 14.5. The summed E-state index contributed by atoms with van der Waals surface area (Å²) in [7, 11) is 0. The number of nitrogens with one attached hydrogen (secondary N) is 1. The molecule has 4 aliphatic rings. The van der Waals surface area contributed by atoms with Crippen molar-refractivity contribution >= 4 is 16.9 Å². The van der Waals surface area contributed by atoms with Crippen LogP contribution in [0, 0.1) is 23.6 Å². The third kappa shape index (κ3) is 4.25.